The van der Waals surface area contributed by atoms with Crippen molar-refractivity contribution in [3.63, 3.8) is 0 Å². The van der Waals surface area contributed by atoms with Crippen molar-refractivity contribution in [3.05, 3.63) is 25.3 Å². The van der Waals surface area contributed by atoms with Crippen LogP contribution in [0.25, 0.3) is 0 Å². The molecule has 0 fully saturated rings. The summed E-state index contributed by atoms with van der Waals surface area (Å²) >= 11 is 0. The lowest BCUT2D eigenvalue weighted by atomic mass is 10.6. The minimum Gasteiger partial charge on any atom is -0.320 e. The van der Waals surface area contributed by atoms with Gasteiger partial charge in [0.25, 0.3) is 0 Å². The Labute approximate surface area is 83.8 Å². The summed E-state index contributed by atoms with van der Waals surface area (Å²) in [4.78, 5) is 0.924. The van der Waals surface area contributed by atoms with Crippen LogP contribution >= 0.6 is 0 Å². The molecule has 0 radical (unpaired) electrons. The lowest BCUT2D eigenvalue weighted by molar-refractivity contribution is 0.608. The van der Waals surface area contributed by atoms with Crippen molar-refractivity contribution in [2.75, 3.05) is 13.1 Å². The topological polar surface area (TPSA) is 86.6 Å². The van der Waals surface area contributed by atoms with Gasteiger partial charge >= 0.3 is 0 Å². The van der Waals surface area contributed by atoms with Gasteiger partial charge in [-0.2, -0.15) is 15.8 Å². The summed E-state index contributed by atoms with van der Waals surface area (Å²) in [6.45, 7) is 7.60. The Balaban J connectivity index is 0. The van der Waals surface area contributed by atoms with Gasteiger partial charge in [-0.05, 0) is 0 Å². The van der Waals surface area contributed by atoms with Crippen molar-refractivity contribution in [2.45, 2.75) is 0 Å². The van der Waals surface area contributed by atoms with E-state index in [1.165, 1.54) is 6.08 Å². The molecular weight excluding hydrogens is 178 g/mol. The highest BCUT2D eigenvalue weighted by atomic mass is 15.1. The molecule has 1 N–H and O–H groups in total. The fourth-order valence-corrected chi connectivity index (χ4v) is 0.351. The molecule has 0 heterocycles. The van der Waals surface area contributed by atoms with Gasteiger partial charge in [0.05, 0.1) is 6.54 Å². The zero-order valence-electron chi connectivity index (χ0n) is 7.77. The van der Waals surface area contributed by atoms with E-state index in [1.54, 1.807) is 24.7 Å². The molecule has 0 aliphatic heterocycles. The molecule has 14 heavy (non-hydrogen) atoms. The van der Waals surface area contributed by atoms with Crippen LogP contribution in [0.1, 0.15) is 0 Å². The number of nitrogens with one attached hydrogen (secondary N) is 1. The van der Waals surface area contributed by atoms with E-state index in [0.717, 1.165) is 4.90 Å². The van der Waals surface area contributed by atoms with E-state index in [0.29, 0.717) is 13.1 Å². The van der Waals surface area contributed by atoms with Gasteiger partial charge in [0.15, 0.2) is 18.6 Å². The van der Waals surface area contributed by atoms with Gasteiger partial charge in [0.1, 0.15) is 0 Å². The third-order valence-electron chi connectivity index (χ3n) is 0.879. The zero-order chi connectivity index (χ0) is 11.2. The lowest BCUT2D eigenvalue weighted by Crippen LogP contribution is -2.08. The number of nitriles is 3. The minimum absolute atomic E-state index is 0.299. The second kappa shape index (κ2) is 13.2. The SMILES string of the molecule is C=CCN(C#N)C#N.C=CCNC#N. The molecule has 5 nitrogen and oxygen atoms in total. The Bertz CT molecular complexity index is 261. The first kappa shape index (κ1) is 14.1. The summed E-state index contributed by atoms with van der Waals surface area (Å²) in [5.74, 6) is 0. The van der Waals surface area contributed by atoms with E-state index in [2.05, 4.69) is 18.5 Å². The average Bonchev–Trinajstić information content (AvgIpc) is 2.24. The third-order valence-corrected chi connectivity index (χ3v) is 0.879. The van der Waals surface area contributed by atoms with Gasteiger partial charge in [-0.1, -0.05) is 12.2 Å². The predicted molar refractivity (Wildman–Crippen MR) is 51.9 cm³/mol. The highest BCUT2D eigenvalue weighted by molar-refractivity contribution is 4.90. The van der Waals surface area contributed by atoms with E-state index >= 15 is 0 Å². The molecule has 0 atom stereocenters. The van der Waals surface area contributed by atoms with Gasteiger partial charge in [0.2, 0.25) is 0 Å². The largest absolute Gasteiger partial charge is 0.320 e. The van der Waals surface area contributed by atoms with Crippen LogP contribution in [0.2, 0.25) is 0 Å². The molecule has 0 spiro atoms. The number of rotatable bonds is 4. The Morgan fingerprint density at radius 2 is 1.71 bits per heavy atom. The summed E-state index contributed by atoms with van der Waals surface area (Å²) in [6.07, 6.45) is 8.18. The monoisotopic (exact) mass is 189 g/mol. The summed E-state index contributed by atoms with van der Waals surface area (Å²) < 4.78 is 0. The normalized spacial score (nSPS) is 6.07. The van der Waals surface area contributed by atoms with Crippen molar-refractivity contribution in [2.24, 2.45) is 0 Å². The number of hydrogen-bond acceptors (Lipinski definition) is 5. The van der Waals surface area contributed by atoms with Gasteiger partial charge < -0.3 is 5.32 Å². The van der Waals surface area contributed by atoms with Gasteiger partial charge in [-0.15, -0.1) is 13.2 Å². The average molecular weight is 189 g/mol. The predicted octanol–water partition coefficient (Wildman–Crippen LogP) is 0.680. The number of nitrogens with zero attached hydrogens (tertiary/aromatic N) is 4. The van der Waals surface area contributed by atoms with Crippen LogP contribution in [0.4, 0.5) is 0 Å². The lowest BCUT2D eigenvalue weighted by Gasteiger charge is -1.95. The standard InChI is InChI=1S/C5H5N3.C4H6N2/c1-2-3-8(4-6)5-7;1-2-3-6-4-5/h2H,1,3H2;2,6H,1,3H2. The molecule has 0 saturated heterocycles. The second-order valence-electron chi connectivity index (χ2n) is 1.88. The van der Waals surface area contributed by atoms with E-state index in [-0.39, 0.29) is 0 Å². The first-order valence-corrected chi connectivity index (χ1v) is 3.67. The minimum atomic E-state index is 0.299. The van der Waals surface area contributed by atoms with Gasteiger partial charge in [-0.3, -0.25) is 0 Å². The molecule has 0 unspecified atom stereocenters. The summed E-state index contributed by atoms with van der Waals surface area (Å²) in [6, 6.07) is 0. The molecule has 0 amide bonds. The van der Waals surface area contributed by atoms with Crippen LogP contribution in [0.5, 0.6) is 0 Å². The summed E-state index contributed by atoms with van der Waals surface area (Å²) in [7, 11) is 0. The highest BCUT2D eigenvalue weighted by Crippen LogP contribution is 1.78. The van der Waals surface area contributed by atoms with Crippen LogP contribution in [0.15, 0.2) is 25.3 Å². The Kier molecular flexibility index (Phi) is 13.3. The molecule has 0 aliphatic carbocycles. The molecule has 0 aliphatic rings. The van der Waals surface area contributed by atoms with E-state index in [4.69, 9.17) is 15.8 Å². The Morgan fingerprint density at radius 1 is 1.14 bits per heavy atom. The van der Waals surface area contributed by atoms with E-state index in [9.17, 15) is 0 Å². The Hall–Kier alpha value is -2.45. The fraction of sp³-hybridized carbons (Fsp3) is 0.222. The van der Waals surface area contributed by atoms with Crippen LogP contribution in [0, 0.1) is 34.4 Å². The summed E-state index contributed by atoms with van der Waals surface area (Å²) in [5, 5.41) is 26.3. The zero-order valence-corrected chi connectivity index (χ0v) is 7.77. The maximum atomic E-state index is 8.06. The molecule has 72 valence electrons. The van der Waals surface area contributed by atoms with Crippen LogP contribution < -0.4 is 5.32 Å². The molecule has 0 bridgehead atoms. The van der Waals surface area contributed by atoms with Crippen LogP contribution in [-0.2, 0) is 0 Å². The van der Waals surface area contributed by atoms with E-state index < -0.39 is 0 Å². The second-order valence-corrected chi connectivity index (χ2v) is 1.88. The first-order chi connectivity index (χ1) is 6.76. The van der Waals surface area contributed by atoms with E-state index in [1.807, 2.05) is 0 Å². The molecular formula is C9H11N5. The first-order valence-electron chi connectivity index (χ1n) is 3.67. The van der Waals surface area contributed by atoms with Crippen molar-refractivity contribution in [1.29, 1.82) is 15.8 Å². The molecule has 0 aromatic carbocycles. The molecule has 0 aromatic rings. The van der Waals surface area contributed by atoms with Crippen molar-refractivity contribution < 1.29 is 0 Å². The maximum Gasteiger partial charge on any atom is 0.194 e. The molecule has 0 saturated carbocycles. The highest BCUT2D eigenvalue weighted by Gasteiger charge is 1.90. The van der Waals surface area contributed by atoms with Crippen LogP contribution in [0.3, 0.4) is 0 Å². The number of hydrogen-bond donors (Lipinski definition) is 1. The Morgan fingerprint density at radius 3 is 1.86 bits per heavy atom. The molecule has 5 heteroatoms. The van der Waals surface area contributed by atoms with Gasteiger partial charge in [0, 0.05) is 6.54 Å². The smallest absolute Gasteiger partial charge is 0.194 e. The summed E-state index contributed by atoms with van der Waals surface area (Å²) in [5.41, 5.74) is 0. The molecule has 0 aromatic heterocycles. The third kappa shape index (κ3) is 12.2. The van der Waals surface area contributed by atoms with Crippen molar-refractivity contribution in [3.8, 4) is 18.6 Å². The maximum absolute atomic E-state index is 8.06. The quantitative estimate of drug-likeness (QED) is 0.304. The van der Waals surface area contributed by atoms with Crippen LogP contribution in [-0.4, -0.2) is 18.0 Å². The van der Waals surface area contributed by atoms with Crippen molar-refractivity contribution >= 4 is 0 Å². The molecule has 0 rings (SSSR count). The van der Waals surface area contributed by atoms with Gasteiger partial charge in [-0.25, -0.2) is 4.90 Å². The van der Waals surface area contributed by atoms with Crippen molar-refractivity contribution in [1.82, 2.24) is 10.2 Å². The fourth-order valence-electron chi connectivity index (χ4n) is 0.351.